The van der Waals surface area contributed by atoms with E-state index in [9.17, 15) is 0 Å². The molecule has 4 heteroatoms. The highest BCUT2D eigenvalue weighted by Crippen LogP contribution is 2.53. The molecular formula is C21H34N2OS. The quantitative estimate of drug-likeness (QED) is 0.749. The molecule has 0 radical (unpaired) electrons. The fraction of sp³-hybridized carbons (Fsp3) is 0.810. The van der Waals surface area contributed by atoms with Crippen LogP contribution in [0, 0.1) is 5.41 Å². The Kier molecular flexibility index (Phi) is 4.77. The van der Waals surface area contributed by atoms with Crippen LogP contribution < -0.4 is 0 Å². The van der Waals surface area contributed by atoms with E-state index in [1.54, 1.807) is 4.88 Å². The van der Waals surface area contributed by atoms with E-state index >= 15 is 0 Å². The van der Waals surface area contributed by atoms with Gasteiger partial charge in [-0.3, -0.25) is 4.90 Å². The topological polar surface area (TPSA) is 15.7 Å². The van der Waals surface area contributed by atoms with E-state index in [1.807, 2.05) is 18.4 Å². The zero-order chi connectivity index (χ0) is 17.5. The number of thiophene rings is 1. The van der Waals surface area contributed by atoms with Gasteiger partial charge < -0.3 is 9.64 Å². The summed E-state index contributed by atoms with van der Waals surface area (Å²) in [5.74, 6) is 0. The van der Waals surface area contributed by atoms with Crippen LogP contribution >= 0.6 is 11.3 Å². The molecule has 0 aromatic carbocycles. The fourth-order valence-electron chi connectivity index (χ4n) is 5.34. The minimum Gasteiger partial charge on any atom is -0.378 e. The average molecular weight is 363 g/mol. The van der Waals surface area contributed by atoms with Gasteiger partial charge in [-0.2, -0.15) is 0 Å². The summed E-state index contributed by atoms with van der Waals surface area (Å²) >= 11 is 1.94. The molecule has 0 bridgehead atoms. The summed E-state index contributed by atoms with van der Waals surface area (Å²) in [7, 11) is 6.45. The molecule has 2 aliphatic carbocycles. The Labute approximate surface area is 157 Å². The van der Waals surface area contributed by atoms with Crippen LogP contribution in [0.4, 0.5) is 0 Å². The molecule has 2 saturated carbocycles. The van der Waals surface area contributed by atoms with E-state index in [1.165, 1.54) is 71.0 Å². The summed E-state index contributed by atoms with van der Waals surface area (Å²) in [6.45, 7) is 3.86. The number of ether oxygens (including phenoxy) is 1. The molecule has 2 heterocycles. The Morgan fingerprint density at radius 2 is 1.88 bits per heavy atom. The van der Waals surface area contributed by atoms with E-state index in [0.717, 1.165) is 0 Å². The van der Waals surface area contributed by atoms with Gasteiger partial charge in [-0.25, -0.2) is 0 Å². The Bertz CT molecular complexity index is 571. The maximum atomic E-state index is 5.71. The predicted molar refractivity (Wildman–Crippen MR) is 105 cm³/mol. The van der Waals surface area contributed by atoms with Crippen molar-refractivity contribution < 1.29 is 4.74 Å². The highest BCUT2D eigenvalue weighted by molar-refractivity contribution is 7.10. The van der Waals surface area contributed by atoms with Gasteiger partial charge in [0.05, 0.1) is 11.1 Å². The van der Waals surface area contributed by atoms with Gasteiger partial charge in [0.25, 0.3) is 0 Å². The monoisotopic (exact) mass is 362 g/mol. The van der Waals surface area contributed by atoms with Gasteiger partial charge in [-0.15, -0.1) is 11.3 Å². The van der Waals surface area contributed by atoms with Crippen LogP contribution in [-0.4, -0.2) is 56.2 Å². The standard InChI is InChI=1S/C21H34N2OS/c1-22(2)21(18-5-4-16-25-18)10-6-19(7-11-21)12-14-23(17-19)15-13-20(24-3)8-9-20/h4-5,16H,6-15,17H2,1-3H3. The lowest BCUT2D eigenvalue weighted by Gasteiger charge is -2.48. The van der Waals surface area contributed by atoms with Crippen LogP contribution in [0.2, 0.25) is 0 Å². The molecule has 25 heavy (non-hydrogen) atoms. The number of hydrogen-bond acceptors (Lipinski definition) is 4. The second-order valence-electron chi connectivity index (χ2n) is 9.07. The SMILES string of the molecule is COC1(CCN2CCC3(CCC(c4cccs4)(N(C)C)CC3)C2)CC1. The van der Waals surface area contributed by atoms with E-state index in [4.69, 9.17) is 4.74 Å². The second kappa shape index (κ2) is 6.63. The minimum absolute atomic E-state index is 0.252. The lowest BCUT2D eigenvalue weighted by molar-refractivity contribution is 0.0371. The summed E-state index contributed by atoms with van der Waals surface area (Å²) in [6, 6.07) is 4.57. The molecule has 0 atom stereocenters. The van der Waals surface area contributed by atoms with Crippen LogP contribution in [-0.2, 0) is 10.3 Å². The molecule has 0 unspecified atom stereocenters. The number of methoxy groups -OCH3 is 1. The Balaban J connectivity index is 1.36. The largest absolute Gasteiger partial charge is 0.378 e. The first-order valence-electron chi connectivity index (χ1n) is 10.0. The molecule has 1 saturated heterocycles. The van der Waals surface area contributed by atoms with Crippen molar-refractivity contribution in [3.05, 3.63) is 22.4 Å². The van der Waals surface area contributed by atoms with Crippen molar-refractivity contribution in [1.82, 2.24) is 9.80 Å². The maximum absolute atomic E-state index is 5.71. The molecule has 140 valence electrons. The van der Waals surface area contributed by atoms with Crippen molar-refractivity contribution in [3.63, 3.8) is 0 Å². The van der Waals surface area contributed by atoms with Crippen LogP contribution in [0.1, 0.15) is 56.2 Å². The summed E-state index contributed by atoms with van der Waals surface area (Å²) < 4.78 is 5.71. The molecule has 0 amide bonds. The molecule has 3 nitrogen and oxygen atoms in total. The lowest BCUT2D eigenvalue weighted by atomic mass is 9.66. The van der Waals surface area contributed by atoms with Crippen molar-refractivity contribution >= 4 is 11.3 Å². The fourth-order valence-corrected chi connectivity index (χ4v) is 6.40. The highest BCUT2D eigenvalue weighted by atomic mass is 32.1. The molecule has 1 aromatic rings. The molecule has 3 aliphatic rings. The van der Waals surface area contributed by atoms with Crippen LogP contribution in [0.5, 0.6) is 0 Å². The first-order valence-corrected chi connectivity index (χ1v) is 10.9. The van der Waals surface area contributed by atoms with E-state index in [2.05, 4.69) is 41.4 Å². The molecular weight excluding hydrogens is 328 g/mol. The number of likely N-dealkylation sites (tertiary alicyclic amines) is 1. The third-order valence-electron chi connectivity index (χ3n) is 7.62. The van der Waals surface area contributed by atoms with Crippen molar-refractivity contribution in [3.8, 4) is 0 Å². The van der Waals surface area contributed by atoms with Gasteiger partial charge >= 0.3 is 0 Å². The highest BCUT2D eigenvalue weighted by Gasteiger charge is 2.49. The Hall–Kier alpha value is -0.420. The van der Waals surface area contributed by atoms with Crippen molar-refractivity contribution in [2.24, 2.45) is 5.41 Å². The van der Waals surface area contributed by atoms with Gasteiger partial charge in [-0.05, 0) is 88.9 Å². The normalized spacial score (nSPS) is 34.9. The zero-order valence-corrected chi connectivity index (χ0v) is 17.0. The summed E-state index contributed by atoms with van der Waals surface area (Å²) in [4.78, 5) is 6.79. The smallest absolute Gasteiger partial charge is 0.0693 e. The van der Waals surface area contributed by atoms with E-state index in [0.29, 0.717) is 5.41 Å². The van der Waals surface area contributed by atoms with Gasteiger partial charge in [0.2, 0.25) is 0 Å². The lowest BCUT2D eigenvalue weighted by Crippen LogP contribution is -2.47. The van der Waals surface area contributed by atoms with E-state index < -0.39 is 0 Å². The third-order valence-corrected chi connectivity index (χ3v) is 8.68. The summed E-state index contributed by atoms with van der Waals surface area (Å²) in [6.07, 6.45) is 10.6. The minimum atomic E-state index is 0.252. The molecule has 0 N–H and O–H groups in total. The molecule has 1 aliphatic heterocycles. The van der Waals surface area contributed by atoms with Gasteiger partial charge in [-0.1, -0.05) is 6.07 Å². The van der Waals surface area contributed by atoms with Crippen molar-refractivity contribution in [2.45, 2.75) is 62.5 Å². The third kappa shape index (κ3) is 3.31. The van der Waals surface area contributed by atoms with Crippen LogP contribution in [0.25, 0.3) is 0 Å². The first-order chi connectivity index (χ1) is 12.0. The Morgan fingerprint density at radius 1 is 1.12 bits per heavy atom. The maximum Gasteiger partial charge on any atom is 0.0693 e. The summed E-state index contributed by atoms with van der Waals surface area (Å²) in [5, 5.41) is 2.24. The number of hydrogen-bond donors (Lipinski definition) is 0. The van der Waals surface area contributed by atoms with E-state index in [-0.39, 0.29) is 11.1 Å². The van der Waals surface area contributed by atoms with Crippen molar-refractivity contribution in [1.29, 1.82) is 0 Å². The molecule has 1 aromatic heterocycles. The zero-order valence-electron chi connectivity index (χ0n) is 16.2. The van der Waals surface area contributed by atoms with Gasteiger partial charge in [0.1, 0.15) is 0 Å². The van der Waals surface area contributed by atoms with Crippen LogP contribution in [0.15, 0.2) is 17.5 Å². The van der Waals surface area contributed by atoms with Crippen molar-refractivity contribution in [2.75, 3.05) is 40.8 Å². The molecule has 4 rings (SSSR count). The van der Waals surface area contributed by atoms with Crippen LogP contribution in [0.3, 0.4) is 0 Å². The second-order valence-corrected chi connectivity index (χ2v) is 10.0. The molecule has 3 fully saturated rings. The number of nitrogens with zero attached hydrogens (tertiary/aromatic N) is 2. The molecule has 1 spiro atoms. The number of rotatable bonds is 6. The summed E-state index contributed by atoms with van der Waals surface area (Å²) in [5.41, 5.74) is 1.11. The average Bonchev–Trinajstić information content (AvgIpc) is 3.02. The predicted octanol–water partition coefficient (Wildman–Crippen LogP) is 4.34. The van der Waals surface area contributed by atoms with Gasteiger partial charge in [0, 0.05) is 25.1 Å². The first kappa shape index (κ1) is 18.0. The Morgan fingerprint density at radius 3 is 2.44 bits per heavy atom. The van der Waals surface area contributed by atoms with Gasteiger partial charge in [0.15, 0.2) is 0 Å².